The molecule has 6 heteroatoms. The van der Waals surface area contributed by atoms with Crippen molar-refractivity contribution >= 4 is 27.9 Å². The highest BCUT2D eigenvalue weighted by molar-refractivity contribution is 9.10. The number of carbonyl (C=O) groups is 1. The van der Waals surface area contributed by atoms with Crippen LogP contribution in [0.25, 0.3) is 6.08 Å². The predicted molar refractivity (Wildman–Crippen MR) is 84.3 cm³/mol. The van der Waals surface area contributed by atoms with Gasteiger partial charge in [-0.15, -0.1) is 0 Å². The van der Waals surface area contributed by atoms with Crippen LogP contribution in [-0.4, -0.2) is 30.7 Å². The number of nitrogens with zero attached hydrogens (tertiary/aromatic N) is 2. The Bertz CT molecular complexity index is 673. The fourth-order valence-electron chi connectivity index (χ4n) is 2.61. The van der Waals surface area contributed by atoms with Gasteiger partial charge in [-0.25, -0.2) is 0 Å². The van der Waals surface area contributed by atoms with Gasteiger partial charge in [0.1, 0.15) is 11.6 Å². The first-order chi connectivity index (χ1) is 10.7. The van der Waals surface area contributed by atoms with E-state index in [4.69, 9.17) is 9.47 Å². The molecule has 114 valence electrons. The molecule has 0 radical (unpaired) electrons. The highest BCUT2D eigenvalue weighted by atomic mass is 79.9. The molecule has 1 aromatic rings. The van der Waals surface area contributed by atoms with Crippen molar-refractivity contribution in [1.82, 2.24) is 4.90 Å². The Labute approximate surface area is 137 Å². The maximum atomic E-state index is 12.4. The van der Waals surface area contributed by atoms with Crippen LogP contribution in [0, 0.1) is 11.3 Å². The summed E-state index contributed by atoms with van der Waals surface area (Å²) >= 11 is 3.44. The first-order valence-corrected chi connectivity index (χ1v) is 7.98. The third kappa shape index (κ3) is 2.95. The molecule has 0 aromatic heterocycles. The van der Waals surface area contributed by atoms with E-state index in [-0.39, 0.29) is 18.3 Å². The molecule has 1 aromatic carbocycles. The Morgan fingerprint density at radius 3 is 2.59 bits per heavy atom. The molecule has 1 fully saturated rings. The van der Waals surface area contributed by atoms with Crippen LogP contribution in [0.3, 0.4) is 0 Å². The minimum atomic E-state index is -0.202. The second-order valence-electron chi connectivity index (χ2n) is 5.25. The monoisotopic (exact) mass is 362 g/mol. The van der Waals surface area contributed by atoms with Gasteiger partial charge in [-0.2, -0.15) is 5.26 Å². The molecule has 0 saturated carbocycles. The Morgan fingerprint density at radius 1 is 1.23 bits per heavy atom. The minimum Gasteiger partial charge on any atom is -0.454 e. The van der Waals surface area contributed by atoms with Gasteiger partial charge in [-0.3, -0.25) is 4.79 Å². The number of hydrogen-bond acceptors (Lipinski definition) is 4. The number of piperidine rings is 1. The number of fused-ring (bicyclic) bond motifs is 1. The molecule has 5 nitrogen and oxygen atoms in total. The van der Waals surface area contributed by atoms with Crippen molar-refractivity contribution in [2.75, 3.05) is 19.9 Å². The third-order valence-corrected chi connectivity index (χ3v) is 4.47. The summed E-state index contributed by atoms with van der Waals surface area (Å²) in [6, 6.07) is 5.58. The van der Waals surface area contributed by atoms with E-state index in [2.05, 4.69) is 15.9 Å². The van der Waals surface area contributed by atoms with Crippen molar-refractivity contribution in [2.45, 2.75) is 19.3 Å². The summed E-state index contributed by atoms with van der Waals surface area (Å²) < 4.78 is 11.4. The maximum Gasteiger partial charge on any atom is 0.264 e. The van der Waals surface area contributed by atoms with Crippen molar-refractivity contribution in [2.24, 2.45) is 0 Å². The number of carbonyl (C=O) groups excluding carboxylic acids is 1. The number of ether oxygens (including phenoxy) is 2. The van der Waals surface area contributed by atoms with Crippen LogP contribution < -0.4 is 9.47 Å². The van der Waals surface area contributed by atoms with Gasteiger partial charge in [0.15, 0.2) is 11.5 Å². The molecule has 0 spiro atoms. The predicted octanol–water partition coefficient (Wildman–Crippen LogP) is 3.10. The summed E-state index contributed by atoms with van der Waals surface area (Å²) in [6.45, 7) is 1.63. The van der Waals surface area contributed by atoms with Crippen LogP contribution in [0.15, 0.2) is 22.2 Å². The topological polar surface area (TPSA) is 62.6 Å². The van der Waals surface area contributed by atoms with Crippen molar-refractivity contribution in [3.63, 3.8) is 0 Å². The Morgan fingerprint density at radius 2 is 1.91 bits per heavy atom. The van der Waals surface area contributed by atoms with Crippen LogP contribution in [-0.2, 0) is 4.79 Å². The summed E-state index contributed by atoms with van der Waals surface area (Å²) in [4.78, 5) is 14.2. The van der Waals surface area contributed by atoms with Gasteiger partial charge in [0.05, 0.1) is 0 Å². The Hall–Kier alpha value is -2.00. The summed E-state index contributed by atoms with van der Waals surface area (Å²) in [5.74, 6) is 1.08. The van der Waals surface area contributed by atoms with Gasteiger partial charge >= 0.3 is 0 Å². The summed E-state index contributed by atoms with van der Waals surface area (Å²) in [6.07, 6.45) is 4.74. The van der Waals surface area contributed by atoms with Crippen molar-refractivity contribution in [3.8, 4) is 17.6 Å². The van der Waals surface area contributed by atoms with Crippen molar-refractivity contribution in [1.29, 1.82) is 5.26 Å². The lowest BCUT2D eigenvalue weighted by Crippen LogP contribution is -2.36. The zero-order valence-electron chi connectivity index (χ0n) is 12.0. The molecule has 0 atom stereocenters. The first kappa shape index (κ1) is 14.9. The van der Waals surface area contributed by atoms with Crippen molar-refractivity contribution < 1.29 is 14.3 Å². The number of rotatable bonds is 2. The number of benzene rings is 1. The number of amides is 1. The summed E-state index contributed by atoms with van der Waals surface area (Å²) in [5, 5.41) is 9.34. The van der Waals surface area contributed by atoms with E-state index in [1.54, 1.807) is 23.1 Å². The average Bonchev–Trinajstić information content (AvgIpc) is 2.99. The highest BCUT2D eigenvalue weighted by Gasteiger charge is 2.21. The smallest absolute Gasteiger partial charge is 0.264 e. The Balaban J connectivity index is 1.88. The fraction of sp³-hybridized carbons (Fsp3) is 0.375. The molecule has 2 aliphatic heterocycles. The number of hydrogen-bond donors (Lipinski definition) is 0. The minimum absolute atomic E-state index is 0.140. The second kappa shape index (κ2) is 6.41. The molecule has 3 rings (SSSR count). The lowest BCUT2D eigenvalue weighted by atomic mass is 10.1. The van der Waals surface area contributed by atoms with Crippen LogP contribution >= 0.6 is 15.9 Å². The van der Waals surface area contributed by atoms with E-state index < -0.39 is 0 Å². The molecule has 22 heavy (non-hydrogen) atoms. The summed E-state index contributed by atoms with van der Waals surface area (Å²) in [5.41, 5.74) is 0.868. The average molecular weight is 363 g/mol. The Kier molecular flexibility index (Phi) is 4.34. The molecular weight excluding hydrogens is 348 g/mol. The van der Waals surface area contributed by atoms with Crippen molar-refractivity contribution in [3.05, 3.63) is 27.7 Å². The van der Waals surface area contributed by atoms with Gasteiger partial charge in [0, 0.05) is 17.6 Å². The molecule has 2 heterocycles. The second-order valence-corrected chi connectivity index (χ2v) is 6.10. The zero-order valence-corrected chi connectivity index (χ0v) is 13.6. The van der Waals surface area contributed by atoms with Crippen LogP contribution in [0.4, 0.5) is 0 Å². The van der Waals surface area contributed by atoms with E-state index in [0.29, 0.717) is 11.5 Å². The van der Waals surface area contributed by atoms with Gasteiger partial charge in [-0.1, -0.05) is 15.9 Å². The zero-order chi connectivity index (χ0) is 15.5. The molecule has 0 aliphatic carbocycles. The SMILES string of the molecule is N#C/C(=C\c1cc2c(cc1Br)OCO2)C(=O)N1CCCCC1. The fourth-order valence-corrected chi connectivity index (χ4v) is 3.05. The largest absolute Gasteiger partial charge is 0.454 e. The van der Waals surface area contributed by atoms with Gasteiger partial charge < -0.3 is 14.4 Å². The number of nitriles is 1. The van der Waals surface area contributed by atoms with Gasteiger partial charge in [-0.05, 0) is 43.0 Å². The van der Waals surface area contributed by atoms with E-state index in [9.17, 15) is 10.1 Å². The lowest BCUT2D eigenvalue weighted by molar-refractivity contribution is -0.127. The first-order valence-electron chi connectivity index (χ1n) is 7.19. The molecule has 0 unspecified atom stereocenters. The normalized spacial score (nSPS) is 17.3. The van der Waals surface area contributed by atoms with E-state index in [1.807, 2.05) is 6.07 Å². The van der Waals surface area contributed by atoms with Crippen LogP contribution in [0.5, 0.6) is 11.5 Å². The van der Waals surface area contributed by atoms with Gasteiger partial charge in [0.25, 0.3) is 5.91 Å². The molecule has 1 saturated heterocycles. The number of halogens is 1. The molecule has 0 N–H and O–H groups in total. The van der Waals surface area contributed by atoms with Gasteiger partial charge in [0.2, 0.25) is 6.79 Å². The molecule has 1 amide bonds. The number of likely N-dealkylation sites (tertiary alicyclic amines) is 1. The molecule has 2 aliphatic rings. The summed E-state index contributed by atoms with van der Waals surface area (Å²) in [7, 11) is 0. The quantitative estimate of drug-likeness (QED) is 0.598. The highest BCUT2D eigenvalue weighted by Crippen LogP contribution is 2.37. The van der Waals surface area contributed by atoms with Crippen LogP contribution in [0.2, 0.25) is 0 Å². The lowest BCUT2D eigenvalue weighted by Gasteiger charge is -2.26. The standard InChI is InChI=1S/C16H15BrN2O3/c17-13-8-15-14(21-10-22-15)7-11(13)6-12(9-18)16(20)19-4-2-1-3-5-19/h6-8H,1-5,10H2/b12-6+. The molecule has 0 bridgehead atoms. The van der Waals surface area contributed by atoms with Crippen LogP contribution in [0.1, 0.15) is 24.8 Å². The third-order valence-electron chi connectivity index (χ3n) is 3.79. The van der Waals surface area contributed by atoms with E-state index >= 15 is 0 Å². The maximum absolute atomic E-state index is 12.4. The van der Waals surface area contributed by atoms with E-state index in [0.717, 1.165) is 42.4 Å². The molecular formula is C16H15BrN2O3. The van der Waals surface area contributed by atoms with E-state index in [1.165, 1.54) is 0 Å².